The molecule has 1 saturated carbocycles. The van der Waals surface area contributed by atoms with Crippen LogP contribution in [0, 0.1) is 11.8 Å². The van der Waals surface area contributed by atoms with Crippen molar-refractivity contribution in [1.29, 1.82) is 0 Å². The van der Waals surface area contributed by atoms with E-state index in [0.717, 1.165) is 12.8 Å². The molecule has 27 heavy (non-hydrogen) atoms. The maximum absolute atomic E-state index is 12.1. The first-order chi connectivity index (χ1) is 13.0. The fraction of sp³-hybridized carbons (Fsp3) is 0.545. The first-order valence-electron chi connectivity index (χ1n) is 9.69. The van der Waals surface area contributed by atoms with Gasteiger partial charge in [0.25, 0.3) is 0 Å². The van der Waals surface area contributed by atoms with E-state index in [-0.39, 0.29) is 24.5 Å². The Bertz CT molecular complexity index is 573. The van der Waals surface area contributed by atoms with Gasteiger partial charge in [0.1, 0.15) is 5.78 Å². The SMILES string of the molecule is CC/C=C\C/C=C\C[C@@H](O)/C=C/[C@@H]1C(=O)C[C@@H](O)[C@@H]1C/C=C\CCC(=O)O. The second-order valence-electron chi connectivity index (χ2n) is 6.84. The summed E-state index contributed by atoms with van der Waals surface area (Å²) >= 11 is 0. The quantitative estimate of drug-likeness (QED) is 0.453. The lowest BCUT2D eigenvalue weighted by Gasteiger charge is -2.16. The summed E-state index contributed by atoms with van der Waals surface area (Å²) in [5.41, 5.74) is 0. The minimum absolute atomic E-state index is 0.0184. The number of aliphatic carboxylic acids is 1. The summed E-state index contributed by atoms with van der Waals surface area (Å²) in [4.78, 5) is 22.6. The highest BCUT2D eigenvalue weighted by Crippen LogP contribution is 2.33. The number of allylic oxidation sites excluding steroid dienone is 6. The largest absolute Gasteiger partial charge is 0.481 e. The lowest BCUT2D eigenvalue weighted by molar-refractivity contribution is -0.136. The second-order valence-corrected chi connectivity index (χ2v) is 6.84. The Morgan fingerprint density at radius 3 is 2.63 bits per heavy atom. The summed E-state index contributed by atoms with van der Waals surface area (Å²) in [6.07, 6.45) is 17.2. The fourth-order valence-electron chi connectivity index (χ4n) is 3.10. The summed E-state index contributed by atoms with van der Waals surface area (Å²) in [6.45, 7) is 2.08. The average Bonchev–Trinajstić information content (AvgIpc) is 2.88. The predicted octanol–water partition coefficient (Wildman–Crippen LogP) is 3.58. The van der Waals surface area contributed by atoms with E-state index in [9.17, 15) is 19.8 Å². The van der Waals surface area contributed by atoms with Crippen LogP contribution in [0.2, 0.25) is 0 Å². The number of carboxylic acid groups (broad SMARTS) is 1. The monoisotopic (exact) mass is 376 g/mol. The molecule has 1 rings (SSSR count). The molecule has 0 spiro atoms. The molecular formula is C22H32O5. The third kappa shape index (κ3) is 9.50. The Balaban J connectivity index is 2.50. The molecule has 5 heteroatoms. The average molecular weight is 376 g/mol. The molecular weight excluding hydrogens is 344 g/mol. The molecule has 5 nitrogen and oxygen atoms in total. The number of carbonyl (C=O) groups excluding carboxylic acids is 1. The number of rotatable bonds is 12. The number of aliphatic hydroxyl groups is 2. The Hall–Kier alpha value is -1.98. The molecule has 0 aromatic heterocycles. The van der Waals surface area contributed by atoms with Gasteiger partial charge in [-0.2, -0.15) is 0 Å². The van der Waals surface area contributed by atoms with Gasteiger partial charge in [-0.15, -0.1) is 0 Å². The third-order valence-corrected chi connectivity index (χ3v) is 4.60. The van der Waals surface area contributed by atoms with Crippen LogP contribution in [-0.2, 0) is 9.59 Å². The van der Waals surface area contributed by atoms with Crippen LogP contribution in [0.3, 0.4) is 0 Å². The zero-order chi connectivity index (χ0) is 20.1. The first kappa shape index (κ1) is 23.1. The van der Waals surface area contributed by atoms with Crippen LogP contribution in [0.15, 0.2) is 48.6 Å². The molecule has 0 bridgehead atoms. The molecule has 0 aromatic carbocycles. The smallest absolute Gasteiger partial charge is 0.303 e. The predicted molar refractivity (Wildman–Crippen MR) is 106 cm³/mol. The van der Waals surface area contributed by atoms with Crippen molar-refractivity contribution in [3.8, 4) is 0 Å². The summed E-state index contributed by atoms with van der Waals surface area (Å²) in [6, 6.07) is 0. The molecule has 0 unspecified atom stereocenters. The highest BCUT2D eigenvalue weighted by molar-refractivity contribution is 5.86. The van der Waals surface area contributed by atoms with Crippen LogP contribution in [0.25, 0.3) is 0 Å². The van der Waals surface area contributed by atoms with E-state index in [4.69, 9.17) is 5.11 Å². The normalized spacial score (nSPS) is 24.9. The van der Waals surface area contributed by atoms with E-state index in [1.54, 1.807) is 18.2 Å². The van der Waals surface area contributed by atoms with Crippen molar-refractivity contribution < 1.29 is 24.9 Å². The van der Waals surface area contributed by atoms with Gasteiger partial charge in [-0.25, -0.2) is 0 Å². The van der Waals surface area contributed by atoms with E-state index in [1.165, 1.54) is 0 Å². The number of carbonyl (C=O) groups is 2. The van der Waals surface area contributed by atoms with E-state index in [1.807, 2.05) is 18.2 Å². The molecule has 0 radical (unpaired) electrons. The molecule has 0 saturated heterocycles. The highest BCUT2D eigenvalue weighted by atomic mass is 16.4. The van der Waals surface area contributed by atoms with Gasteiger partial charge >= 0.3 is 5.97 Å². The molecule has 1 aliphatic carbocycles. The molecule has 0 amide bonds. The van der Waals surface area contributed by atoms with Crippen molar-refractivity contribution in [3.63, 3.8) is 0 Å². The number of aliphatic hydroxyl groups excluding tert-OH is 2. The van der Waals surface area contributed by atoms with Gasteiger partial charge in [-0.05, 0) is 32.1 Å². The first-order valence-corrected chi connectivity index (χ1v) is 9.69. The number of hydrogen-bond donors (Lipinski definition) is 3. The van der Waals surface area contributed by atoms with Crippen LogP contribution >= 0.6 is 0 Å². The maximum Gasteiger partial charge on any atom is 0.303 e. The minimum atomic E-state index is -0.846. The van der Waals surface area contributed by atoms with Crippen LogP contribution in [-0.4, -0.2) is 39.3 Å². The highest BCUT2D eigenvalue weighted by Gasteiger charge is 2.39. The molecule has 3 N–H and O–H groups in total. The molecule has 4 atom stereocenters. The van der Waals surface area contributed by atoms with Crippen molar-refractivity contribution in [1.82, 2.24) is 0 Å². The standard InChI is InChI=1S/C22H32O5/c1-2-3-4-5-6-8-11-17(23)14-15-19-18(20(24)16-21(19)25)12-9-7-10-13-22(26)27/h3-4,6-9,14-15,17-20,23-24H,2,5,10-13,16H2,1H3,(H,26,27)/b4-3-,8-6-,9-7-,15-14+/t17-,18-,19+,20-/m1/s1. The molecule has 1 fully saturated rings. The van der Waals surface area contributed by atoms with Crippen molar-refractivity contribution in [2.75, 3.05) is 0 Å². The number of hydrogen-bond acceptors (Lipinski definition) is 4. The molecule has 150 valence electrons. The number of carboxylic acids is 1. The van der Waals surface area contributed by atoms with E-state index >= 15 is 0 Å². The van der Waals surface area contributed by atoms with E-state index in [2.05, 4.69) is 19.1 Å². The summed E-state index contributed by atoms with van der Waals surface area (Å²) in [7, 11) is 0. The zero-order valence-electron chi connectivity index (χ0n) is 16.0. The van der Waals surface area contributed by atoms with Crippen molar-refractivity contribution in [3.05, 3.63) is 48.6 Å². The number of Topliss-reactive ketones (excluding diaryl/α,β-unsaturated/α-hetero) is 1. The van der Waals surface area contributed by atoms with Gasteiger partial charge in [0.05, 0.1) is 12.2 Å². The van der Waals surface area contributed by atoms with Gasteiger partial charge < -0.3 is 15.3 Å². The Morgan fingerprint density at radius 2 is 1.93 bits per heavy atom. The minimum Gasteiger partial charge on any atom is -0.481 e. The molecule has 0 aromatic rings. The maximum atomic E-state index is 12.1. The summed E-state index contributed by atoms with van der Waals surface area (Å²) < 4.78 is 0. The van der Waals surface area contributed by atoms with Gasteiger partial charge in [-0.1, -0.05) is 55.5 Å². The van der Waals surface area contributed by atoms with Crippen LogP contribution in [0.5, 0.6) is 0 Å². The Labute approximate surface area is 161 Å². The topological polar surface area (TPSA) is 94.8 Å². The Kier molecular flexibility index (Phi) is 11.3. The summed E-state index contributed by atoms with van der Waals surface area (Å²) in [5, 5.41) is 28.8. The van der Waals surface area contributed by atoms with Gasteiger partial charge in [0, 0.05) is 24.7 Å². The molecule has 1 aliphatic rings. The van der Waals surface area contributed by atoms with Crippen molar-refractivity contribution in [2.24, 2.45) is 11.8 Å². The number of ketones is 1. The fourth-order valence-corrected chi connectivity index (χ4v) is 3.10. The van der Waals surface area contributed by atoms with E-state index < -0.39 is 24.1 Å². The summed E-state index contributed by atoms with van der Waals surface area (Å²) in [5.74, 6) is -1.50. The van der Waals surface area contributed by atoms with Gasteiger partial charge in [-0.3, -0.25) is 9.59 Å². The third-order valence-electron chi connectivity index (χ3n) is 4.60. The van der Waals surface area contributed by atoms with E-state index in [0.29, 0.717) is 19.3 Å². The molecule has 0 aliphatic heterocycles. The van der Waals surface area contributed by atoms with Gasteiger partial charge in [0.15, 0.2) is 0 Å². The lowest BCUT2D eigenvalue weighted by Crippen LogP contribution is -2.19. The lowest BCUT2D eigenvalue weighted by atomic mass is 9.90. The van der Waals surface area contributed by atoms with Crippen molar-refractivity contribution in [2.45, 2.75) is 64.1 Å². The second kappa shape index (κ2) is 13.2. The molecule has 0 heterocycles. The Morgan fingerprint density at radius 1 is 1.19 bits per heavy atom. The van der Waals surface area contributed by atoms with Crippen LogP contribution < -0.4 is 0 Å². The van der Waals surface area contributed by atoms with Gasteiger partial charge in [0.2, 0.25) is 0 Å². The zero-order valence-corrected chi connectivity index (χ0v) is 16.0. The van der Waals surface area contributed by atoms with Crippen LogP contribution in [0.1, 0.15) is 51.9 Å². The van der Waals surface area contributed by atoms with Crippen LogP contribution in [0.4, 0.5) is 0 Å². The van der Waals surface area contributed by atoms with Crippen molar-refractivity contribution >= 4 is 11.8 Å².